The monoisotopic (exact) mass is 340 g/mol. The van der Waals surface area contributed by atoms with E-state index in [1.54, 1.807) is 13.0 Å². The van der Waals surface area contributed by atoms with Gasteiger partial charge in [-0.05, 0) is 30.7 Å². The third-order valence-electron chi connectivity index (χ3n) is 3.39. The van der Waals surface area contributed by atoms with Crippen molar-refractivity contribution in [3.05, 3.63) is 65.5 Å². The molecule has 0 spiro atoms. The number of carbonyl (C=O) groups excluding carboxylic acids is 1. The number of para-hydroxylation sites is 1. The maximum Gasteiger partial charge on any atom is 0.416 e. The lowest BCUT2D eigenvalue weighted by Gasteiger charge is -2.15. The van der Waals surface area contributed by atoms with Crippen LogP contribution in [0.5, 0.6) is 0 Å². The number of hydrogen-bond donors (Lipinski definition) is 2. The summed E-state index contributed by atoms with van der Waals surface area (Å²) in [5.74, 6) is -1.04. The van der Waals surface area contributed by atoms with Gasteiger partial charge >= 0.3 is 6.18 Å². The van der Waals surface area contributed by atoms with Crippen molar-refractivity contribution in [2.75, 3.05) is 5.32 Å². The van der Waals surface area contributed by atoms with Crippen molar-refractivity contribution in [1.29, 1.82) is 0 Å². The second-order valence-corrected chi connectivity index (χ2v) is 5.27. The van der Waals surface area contributed by atoms with Crippen LogP contribution >= 0.6 is 0 Å². The van der Waals surface area contributed by atoms with E-state index >= 15 is 0 Å². The molecule has 0 bridgehead atoms. The molecule has 0 aliphatic carbocycles. The average Bonchev–Trinajstić information content (AvgIpc) is 2.54. The van der Waals surface area contributed by atoms with Gasteiger partial charge in [0.15, 0.2) is 0 Å². The summed E-state index contributed by atoms with van der Waals surface area (Å²) < 4.78 is 51.4. The van der Waals surface area contributed by atoms with Gasteiger partial charge < -0.3 is 10.6 Å². The molecule has 2 aromatic carbocycles. The number of hydrogen-bond acceptors (Lipinski definition) is 2. The molecule has 0 aliphatic rings. The zero-order valence-electron chi connectivity index (χ0n) is 12.8. The molecule has 0 fully saturated rings. The first-order valence-electron chi connectivity index (χ1n) is 7.22. The van der Waals surface area contributed by atoms with Crippen LogP contribution in [0.25, 0.3) is 0 Å². The molecule has 24 heavy (non-hydrogen) atoms. The van der Waals surface area contributed by atoms with E-state index in [1.807, 2.05) is 0 Å². The van der Waals surface area contributed by atoms with Crippen molar-refractivity contribution in [2.24, 2.45) is 0 Å². The Labute approximate surface area is 136 Å². The summed E-state index contributed by atoms with van der Waals surface area (Å²) in [4.78, 5) is 12.0. The van der Waals surface area contributed by atoms with Gasteiger partial charge in [0.25, 0.3) is 0 Å². The van der Waals surface area contributed by atoms with Gasteiger partial charge in [-0.25, -0.2) is 4.39 Å². The Kier molecular flexibility index (Phi) is 5.56. The molecule has 3 nitrogen and oxygen atoms in total. The van der Waals surface area contributed by atoms with Gasteiger partial charge in [-0.2, -0.15) is 13.2 Å². The van der Waals surface area contributed by atoms with E-state index in [1.165, 1.54) is 30.3 Å². The molecule has 0 saturated carbocycles. The number of alkyl halides is 3. The highest BCUT2D eigenvalue weighted by Gasteiger charge is 2.30. The predicted octanol–water partition coefficient (Wildman–Crippen LogP) is 3.96. The summed E-state index contributed by atoms with van der Waals surface area (Å²) in [7, 11) is 0. The fraction of sp³-hybridized carbons (Fsp3) is 0.235. The highest BCUT2D eigenvalue weighted by molar-refractivity contribution is 5.94. The highest BCUT2D eigenvalue weighted by atomic mass is 19.4. The average molecular weight is 340 g/mol. The number of anilines is 1. The second kappa shape index (κ2) is 7.44. The molecule has 1 atom stereocenters. The van der Waals surface area contributed by atoms with Crippen LogP contribution in [0, 0.1) is 5.82 Å². The zero-order chi connectivity index (χ0) is 17.7. The normalized spacial score (nSPS) is 12.7. The SMILES string of the molecule is C[C@H](NCc1cccc(C(F)(F)F)c1)C(=O)Nc1ccccc1F. The van der Waals surface area contributed by atoms with Gasteiger partial charge in [0, 0.05) is 6.54 Å². The lowest BCUT2D eigenvalue weighted by molar-refractivity contribution is -0.137. The van der Waals surface area contributed by atoms with Crippen molar-refractivity contribution in [1.82, 2.24) is 5.32 Å². The van der Waals surface area contributed by atoms with Gasteiger partial charge in [0.2, 0.25) is 5.91 Å². The van der Waals surface area contributed by atoms with Crippen LogP contribution in [0.15, 0.2) is 48.5 Å². The highest BCUT2D eigenvalue weighted by Crippen LogP contribution is 2.29. The predicted molar refractivity (Wildman–Crippen MR) is 82.8 cm³/mol. The smallest absolute Gasteiger partial charge is 0.322 e. The van der Waals surface area contributed by atoms with E-state index in [9.17, 15) is 22.4 Å². The van der Waals surface area contributed by atoms with E-state index in [4.69, 9.17) is 0 Å². The summed E-state index contributed by atoms with van der Waals surface area (Å²) in [5, 5.41) is 5.24. The van der Waals surface area contributed by atoms with E-state index in [-0.39, 0.29) is 12.2 Å². The van der Waals surface area contributed by atoms with E-state index in [0.29, 0.717) is 5.56 Å². The van der Waals surface area contributed by atoms with Gasteiger partial charge in [-0.1, -0.05) is 30.3 Å². The Hall–Kier alpha value is -2.41. The molecule has 1 amide bonds. The van der Waals surface area contributed by atoms with E-state index in [0.717, 1.165) is 12.1 Å². The van der Waals surface area contributed by atoms with Crippen molar-refractivity contribution in [2.45, 2.75) is 25.7 Å². The molecule has 0 aromatic heterocycles. The molecular weight excluding hydrogens is 324 g/mol. The lowest BCUT2D eigenvalue weighted by Crippen LogP contribution is -2.37. The Bertz CT molecular complexity index is 716. The molecule has 7 heteroatoms. The molecule has 2 aromatic rings. The fourth-order valence-electron chi connectivity index (χ4n) is 2.02. The Morgan fingerprint density at radius 2 is 1.83 bits per heavy atom. The maximum absolute atomic E-state index is 13.5. The van der Waals surface area contributed by atoms with E-state index in [2.05, 4.69) is 10.6 Å². The Morgan fingerprint density at radius 1 is 1.12 bits per heavy atom. The molecule has 0 unspecified atom stereocenters. The van der Waals surface area contributed by atoms with Crippen LogP contribution in [0.3, 0.4) is 0 Å². The minimum atomic E-state index is -4.41. The first-order chi connectivity index (χ1) is 11.3. The van der Waals surface area contributed by atoms with Crippen LogP contribution in [0.1, 0.15) is 18.1 Å². The molecule has 128 valence electrons. The Morgan fingerprint density at radius 3 is 2.50 bits per heavy atom. The van der Waals surface area contributed by atoms with Crippen LogP contribution in [-0.2, 0) is 17.5 Å². The van der Waals surface area contributed by atoms with Gasteiger partial charge in [0.05, 0.1) is 17.3 Å². The number of halogens is 4. The van der Waals surface area contributed by atoms with Gasteiger partial charge in [-0.3, -0.25) is 4.79 Å². The van der Waals surface area contributed by atoms with Crippen LogP contribution in [0.4, 0.5) is 23.2 Å². The van der Waals surface area contributed by atoms with Crippen LogP contribution < -0.4 is 10.6 Å². The topological polar surface area (TPSA) is 41.1 Å². The first kappa shape index (κ1) is 17.9. The number of carbonyl (C=O) groups is 1. The zero-order valence-corrected chi connectivity index (χ0v) is 12.8. The maximum atomic E-state index is 13.5. The molecule has 0 radical (unpaired) electrons. The van der Waals surface area contributed by atoms with Gasteiger partial charge in [-0.15, -0.1) is 0 Å². The number of rotatable bonds is 5. The van der Waals surface area contributed by atoms with Crippen molar-refractivity contribution in [3.63, 3.8) is 0 Å². The minimum Gasteiger partial charge on any atom is -0.322 e. The molecule has 0 saturated heterocycles. The molecule has 2 N–H and O–H groups in total. The number of nitrogens with one attached hydrogen (secondary N) is 2. The lowest BCUT2D eigenvalue weighted by atomic mass is 10.1. The van der Waals surface area contributed by atoms with Crippen LogP contribution in [0.2, 0.25) is 0 Å². The van der Waals surface area contributed by atoms with Crippen molar-refractivity contribution >= 4 is 11.6 Å². The third-order valence-corrected chi connectivity index (χ3v) is 3.39. The Balaban J connectivity index is 1.94. The van der Waals surface area contributed by atoms with E-state index < -0.39 is 29.5 Å². The minimum absolute atomic E-state index is 0.0511. The summed E-state index contributed by atoms with van der Waals surface area (Å²) in [6, 6.07) is 9.86. The number of amides is 1. The summed E-state index contributed by atoms with van der Waals surface area (Å²) in [6.45, 7) is 1.62. The molecule has 0 aliphatic heterocycles. The molecule has 0 heterocycles. The molecular formula is C17H16F4N2O. The third kappa shape index (κ3) is 4.79. The summed E-state index contributed by atoms with van der Waals surface area (Å²) in [6.07, 6.45) is -4.41. The first-order valence-corrected chi connectivity index (χ1v) is 7.22. The standard InChI is InChI=1S/C17H16F4N2O/c1-11(16(24)23-15-8-3-2-7-14(15)18)22-10-12-5-4-6-13(9-12)17(19,20)21/h2-9,11,22H,10H2,1H3,(H,23,24)/t11-/m0/s1. The molecule has 2 rings (SSSR count). The fourth-order valence-corrected chi connectivity index (χ4v) is 2.02. The quantitative estimate of drug-likeness (QED) is 0.809. The van der Waals surface area contributed by atoms with Gasteiger partial charge in [0.1, 0.15) is 5.82 Å². The van der Waals surface area contributed by atoms with Crippen LogP contribution in [-0.4, -0.2) is 11.9 Å². The van der Waals surface area contributed by atoms with Crippen molar-refractivity contribution < 1.29 is 22.4 Å². The number of benzene rings is 2. The second-order valence-electron chi connectivity index (χ2n) is 5.27. The van der Waals surface area contributed by atoms with Crippen molar-refractivity contribution in [3.8, 4) is 0 Å². The summed E-state index contributed by atoms with van der Waals surface area (Å²) >= 11 is 0. The summed E-state index contributed by atoms with van der Waals surface area (Å²) in [5.41, 5.74) is -0.296. The largest absolute Gasteiger partial charge is 0.416 e.